The molecule has 0 aliphatic heterocycles. The molecular weight excluding hydrogens is 371 g/mol. The van der Waals surface area contributed by atoms with Gasteiger partial charge in [-0.05, 0) is 48.9 Å². The monoisotopic (exact) mass is 386 g/mol. The minimum absolute atomic E-state index is 0.0879. The molecule has 0 bridgehead atoms. The summed E-state index contributed by atoms with van der Waals surface area (Å²) in [5, 5.41) is 4.80. The van der Waals surface area contributed by atoms with Gasteiger partial charge in [0.25, 0.3) is 0 Å². The van der Waals surface area contributed by atoms with E-state index >= 15 is 0 Å². The molecule has 0 saturated carbocycles. The fourth-order valence-corrected chi connectivity index (χ4v) is 3.12. The third kappa shape index (κ3) is 4.48. The molecule has 0 atom stereocenters. The predicted octanol–water partition coefficient (Wildman–Crippen LogP) is 3.27. The molecule has 1 aromatic carbocycles. The number of thiophene rings is 1. The number of aryl methyl sites for hydroxylation is 1. The summed E-state index contributed by atoms with van der Waals surface area (Å²) < 4.78 is 18.6. The number of carbonyl (C=O) groups excluding carboxylic acids is 3. The van der Waals surface area contributed by atoms with Crippen LogP contribution in [0, 0.1) is 12.7 Å². The van der Waals surface area contributed by atoms with Crippen LogP contribution in [0.3, 0.4) is 0 Å². The molecule has 0 radical (unpaired) electrons. The quantitative estimate of drug-likeness (QED) is 0.520. The molecule has 3 aromatic rings. The summed E-state index contributed by atoms with van der Waals surface area (Å²) in [4.78, 5) is 37.1. The highest BCUT2D eigenvalue weighted by atomic mass is 32.1. The van der Waals surface area contributed by atoms with Crippen LogP contribution in [0.5, 0.6) is 0 Å². The van der Waals surface area contributed by atoms with E-state index in [9.17, 15) is 18.8 Å². The number of nitrogens with one attached hydrogen (secondary N) is 2. The summed E-state index contributed by atoms with van der Waals surface area (Å²) >= 11 is 1.19. The molecule has 2 heterocycles. The summed E-state index contributed by atoms with van der Waals surface area (Å²) in [6, 6.07) is 10.7. The molecular formula is C19H15FN2O4S. The van der Waals surface area contributed by atoms with E-state index in [-0.39, 0.29) is 23.8 Å². The number of hydrogen-bond acceptors (Lipinski definition) is 5. The van der Waals surface area contributed by atoms with Crippen LogP contribution in [0.1, 0.15) is 25.9 Å². The van der Waals surface area contributed by atoms with Crippen LogP contribution in [-0.4, -0.2) is 17.6 Å². The van der Waals surface area contributed by atoms with Gasteiger partial charge in [-0.2, -0.15) is 0 Å². The molecule has 8 heteroatoms. The lowest BCUT2D eigenvalue weighted by atomic mass is 10.2. The highest BCUT2D eigenvalue weighted by Gasteiger charge is 2.17. The third-order valence-corrected chi connectivity index (χ3v) is 4.77. The van der Waals surface area contributed by atoms with Gasteiger partial charge in [0.1, 0.15) is 5.82 Å². The summed E-state index contributed by atoms with van der Waals surface area (Å²) in [6.07, 6.45) is 1.42. The molecule has 138 valence electrons. The topological polar surface area (TPSA) is 88.4 Å². The Kier molecular flexibility index (Phi) is 5.46. The van der Waals surface area contributed by atoms with Crippen LogP contribution in [0.25, 0.3) is 0 Å². The Hall–Kier alpha value is -3.26. The molecule has 2 N–H and O–H groups in total. The van der Waals surface area contributed by atoms with Crippen LogP contribution in [0.15, 0.2) is 53.1 Å². The van der Waals surface area contributed by atoms with E-state index in [0.29, 0.717) is 15.3 Å². The number of carbonyl (C=O) groups is 3. The number of amides is 2. The van der Waals surface area contributed by atoms with Crippen LogP contribution >= 0.6 is 11.3 Å². The van der Waals surface area contributed by atoms with E-state index in [1.807, 2.05) is 0 Å². The van der Waals surface area contributed by atoms with Crippen LogP contribution < -0.4 is 10.6 Å². The van der Waals surface area contributed by atoms with E-state index in [0.717, 1.165) is 6.07 Å². The maximum Gasteiger partial charge on any atom is 0.313 e. The van der Waals surface area contributed by atoms with Crippen molar-refractivity contribution in [3.63, 3.8) is 0 Å². The summed E-state index contributed by atoms with van der Waals surface area (Å²) in [5.74, 6) is -2.25. The Morgan fingerprint density at radius 3 is 2.63 bits per heavy atom. The van der Waals surface area contributed by atoms with Gasteiger partial charge in [0.2, 0.25) is 5.78 Å². The Labute approximate surface area is 158 Å². The molecule has 2 aromatic heterocycles. The van der Waals surface area contributed by atoms with Crippen molar-refractivity contribution in [2.24, 2.45) is 0 Å². The van der Waals surface area contributed by atoms with Gasteiger partial charge in [0.05, 0.1) is 17.7 Å². The average molecular weight is 386 g/mol. The Balaban J connectivity index is 1.55. The predicted molar refractivity (Wildman–Crippen MR) is 98.1 cm³/mol. The van der Waals surface area contributed by atoms with Gasteiger partial charge in [0.15, 0.2) is 5.76 Å². The fourth-order valence-electron chi connectivity index (χ4n) is 2.23. The average Bonchev–Trinajstić information content (AvgIpc) is 3.34. The second-order valence-corrected chi connectivity index (χ2v) is 6.84. The standard InChI is InChI=1S/C19H15FN2O4S/c1-11-4-5-12(9-14(11)20)22-19(25)18(24)21-10-13-6-7-16(27-13)17(23)15-3-2-8-26-15/h2-9H,10H2,1H3,(H,21,24)(H,22,25). The SMILES string of the molecule is Cc1ccc(NC(=O)C(=O)NCc2ccc(C(=O)c3ccco3)s2)cc1F. The van der Waals surface area contributed by atoms with Gasteiger partial charge in [0, 0.05) is 10.6 Å². The van der Waals surface area contributed by atoms with Crippen molar-refractivity contribution in [2.45, 2.75) is 13.5 Å². The van der Waals surface area contributed by atoms with Gasteiger partial charge in [-0.3, -0.25) is 14.4 Å². The van der Waals surface area contributed by atoms with Gasteiger partial charge in [-0.25, -0.2) is 4.39 Å². The largest absolute Gasteiger partial charge is 0.461 e. The number of hydrogen-bond donors (Lipinski definition) is 2. The van der Waals surface area contributed by atoms with Gasteiger partial charge in [-0.1, -0.05) is 6.07 Å². The minimum atomic E-state index is -0.901. The van der Waals surface area contributed by atoms with Crippen LogP contribution in [0.4, 0.5) is 10.1 Å². The van der Waals surface area contributed by atoms with Crippen LogP contribution in [0.2, 0.25) is 0 Å². The first-order chi connectivity index (χ1) is 12.9. The zero-order valence-corrected chi connectivity index (χ0v) is 15.1. The molecule has 0 spiro atoms. The highest BCUT2D eigenvalue weighted by molar-refractivity contribution is 7.14. The van der Waals surface area contributed by atoms with Crippen LogP contribution in [-0.2, 0) is 16.1 Å². The fraction of sp³-hybridized carbons (Fsp3) is 0.105. The van der Waals surface area contributed by atoms with E-state index in [2.05, 4.69) is 10.6 Å². The summed E-state index contributed by atoms with van der Waals surface area (Å²) in [7, 11) is 0. The lowest BCUT2D eigenvalue weighted by Gasteiger charge is -2.06. The Bertz CT molecular complexity index is 995. The van der Waals surface area contributed by atoms with Gasteiger partial charge >= 0.3 is 11.8 Å². The molecule has 3 rings (SSSR count). The highest BCUT2D eigenvalue weighted by Crippen LogP contribution is 2.20. The van der Waals surface area contributed by atoms with Crippen molar-refractivity contribution in [3.05, 3.63) is 75.6 Å². The van der Waals surface area contributed by atoms with Gasteiger partial charge < -0.3 is 15.1 Å². The zero-order chi connectivity index (χ0) is 19.4. The number of anilines is 1. The molecule has 0 saturated heterocycles. The molecule has 0 aliphatic carbocycles. The van der Waals surface area contributed by atoms with Crippen molar-refractivity contribution in [2.75, 3.05) is 5.32 Å². The third-order valence-electron chi connectivity index (χ3n) is 3.69. The van der Waals surface area contributed by atoms with E-state index in [1.165, 1.54) is 29.7 Å². The summed E-state index contributed by atoms with van der Waals surface area (Å²) in [6.45, 7) is 1.68. The number of ketones is 1. The normalized spacial score (nSPS) is 10.4. The maximum atomic E-state index is 13.5. The molecule has 2 amide bonds. The van der Waals surface area contributed by atoms with Crippen molar-refractivity contribution >= 4 is 34.6 Å². The second-order valence-electron chi connectivity index (χ2n) is 5.67. The van der Waals surface area contributed by atoms with Gasteiger partial charge in [-0.15, -0.1) is 11.3 Å². The summed E-state index contributed by atoms with van der Waals surface area (Å²) in [5.41, 5.74) is 0.635. The lowest BCUT2D eigenvalue weighted by molar-refractivity contribution is -0.136. The van der Waals surface area contributed by atoms with E-state index < -0.39 is 17.6 Å². The smallest absolute Gasteiger partial charge is 0.313 e. The Morgan fingerprint density at radius 2 is 1.93 bits per heavy atom. The number of halogens is 1. The van der Waals surface area contributed by atoms with Crippen molar-refractivity contribution in [1.29, 1.82) is 0 Å². The molecule has 0 fully saturated rings. The number of rotatable bonds is 5. The second kappa shape index (κ2) is 7.96. The molecule has 6 nitrogen and oxygen atoms in total. The van der Waals surface area contributed by atoms with Crippen molar-refractivity contribution in [1.82, 2.24) is 5.32 Å². The van der Waals surface area contributed by atoms with Crippen molar-refractivity contribution in [3.8, 4) is 0 Å². The number of benzene rings is 1. The van der Waals surface area contributed by atoms with Crippen molar-refractivity contribution < 1.29 is 23.2 Å². The zero-order valence-electron chi connectivity index (χ0n) is 14.2. The molecule has 0 unspecified atom stereocenters. The van der Waals surface area contributed by atoms with E-state index in [1.54, 1.807) is 31.2 Å². The lowest BCUT2D eigenvalue weighted by Crippen LogP contribution is -2.34. The number of furan rings is 1. The molecule has 27 heavy (non-hydrogen) atoms. The maximum absolute atomic E-state index is 13.5. The first-order valence-corrected chi connectivity index (χ1v) is 8.78. The Morgan fingerprint density at radius 1 is 1.11 bits per heavy atom. The minimum Gasteiger partial charge on any atom is -0.461 e. The van der Waals surface area contributed by atoms with E-state index in [4.69, 9.17) is 4.42 Å². The molecule has 0 aliphatic rings. The first kappa shape index (κ1) is 18.5. The first-order valence-electron chi connectivity index (χ1n) is 7.96.